The Morgan fingerprint density at radius 3 is 2.55 bits per heavy atom. The average Bonchev–Trinajstić information content (AvgIpc) is 2.82. The summed E-state index contributed by atoms with van der Waals surface area (Å²) in [5.41, 5.74) is 2.17. The molecule has 1 heterocycles. The van der Waals surface area contributed by atoms with Crippen LogP contribution in [0.4, 0.5) is 0 Å². The first-order chi connectivity index (χ1) is 10.5. The van der Waals surface area contributed by atoms with E-state index in [1.807, 2.05) is 0 Å². The van der Waals surface area contributed by atoms with E-state index in [-0.39, 0.29) is 0 Å². The number of hydrogen-bond donors (Lipinski definition) is 1. The zero-order valence-corrected chi connectivity index (χ0v) is 15.0. The third kappa shape index (κ3) is 4.82. The Balaban J connectivity index is 2.00. The largest absolute Gasteiger partial charge is 0.310 e. The number of benzene rings is 1. The summed E-state index contributed by atoms with van der Waals surface area (Å²) in [4.78, 5) is 2.63. The van der Waals surface area contributed by atoms with Crippen LogP contribution in [0.5, 0.6) is 0 Å². The van der Waals surface area contributed by atoms with Crippen molar-refractivity contribution in [2.24, 2.45) is 5.41 Å². The van der Waals surface area contributed by atoms with Crippen LogP contribution in [-0.2, 0) is 6.54 Å². The van der Waals surface area contributed by atoms with Crippen LogP contribution in [0, 0.1) is 5.41 Å². The molecule has 0 aromatic heterocycles. The Kier molecular flexibility index (Phi) is 6.05. The molecule has 124 valence electrons. The lowest BCUT2D eigenvalue weighted by Gasteiger charge is -2.38. The monoisotopic (exact) mass is 302 g/mol. The van der Waals surface area contributed by atoms with Gasteiger partial charge >= 0.3 is 0 Å². The standard InChI is InChI=1S/C20H34N2/c1-5-12-19(3,4)16-20(21-6-2)13-14-22(17-20)15-18-10-8-7-9-11-18/h7-11,21H,5-6,12-17H2,1-4H3. The molecule has 1 saturated heterocycles. The van der Waals surface area contributed by atoms with E-state index in [2.05, 4.69) is 68.2 Å². The van der Waals surface area contributed by atoms with Crippen LogP contribution in [0.15, 0.2) is 30.3 Å². The molecule has 0 radical (unpaired) electrons. The molecule has 2 heteroatoms. The second-order valence-electron chi connectivity index (χ2n) is 7.85. The minimum absolute atomic E-state index is 0.308. The van der Waals surface area contributed by atoms with Gasteiger partial charge in [-0.05, 0) is 36.8 Å². The predicted octanol–water partition coefficient (Wildman–Crippen LogP) is 4.46. The van der Waals surface area contributed by atoms with Crippen LogP contribution in [0.25, 0.3) is 0 Å². The second-order valence-corrected chi connectivity index (χ2v) is 7.85. The lowest BCUT2D eigenvalue weighted by atomic mass is 9.75. The van der Waals surface area contributed by atoms with E-state index in [9.17, 15) is 0 Å². The molecule has 0 amide bonds. The van der Waals surface area contributed by atoms with Gasteiger partial charge in [-0.2, -0.15) is 0 Å². The van der Waals surface area contributed by atoms with Crippen molar-refractivity contribution in [2.45, 2.75) is 65.5 Å². The van der Waals surface area contributed by atoms with Crippen molar-refractivity contribution in [3.8, 4) is 0 Å². The molecule has 22 heavy (non-hydrogen) atoms. The van der Waals surface area contributed by atoms with Gasteiger partial charge in [-0.25, -0.2) is 0 Å². The Morgan fingerprint density at radius 2 is 1.91 bits per heavy atom. The van der Waals surface area contributed by atoms with Crippen molar-refractivity contribution in [1.82, 2.24) is 10.2 Å². The molecule has 2 nitrogen and oxygen atoms in total. The van der Waals surface area contributed by atoms with Gasteiger partial charge in [-0.1, -0.05) is 64.4 Å². The maximum atomic E-state index is 3.85. The molecular weight excluding hydrogens is 268 g/mol. The summed E-state index contributed by atoms with van der Waals surface area (Å²) in [6, 6.07) is 10.9. The van der Waals surface area contributed by atoms with E-state index in [4.69, 9.17) is 0 Å². The van der Waals surface area contributed by atoms with Crippen molar-refractivity contribution in [1.29, 1.82) is 0 Å². The number of hydrogen-bond acceptors (Lipinski definition) is 2. The van der Waals surface area contributed by atoms with Crippen LogP contribution >= 0.6 is 0 Å². The molecule has 2 rings (SSSR count). The SMILES string of the molecule is CCCC(C)(C)CC1(NCC)CCN(Cc2ccccc2)C1. The van der Waals surface area contributed by atoms with E-state index in [0.717, 1.165) is 13.1 Å². The van der Waals surface area contributed by atoms with Gasteiger partial charge < -0.3 is 5.32 Å². The molecule has 1 N–H and O–H groups in total. The first-order valence-electron chi connectivity index (χ1n) is 9.00. The Morgan fingerprint density at radius 1 is 1.18 bits per heavy atom. The summed E-state index contributed by atoms with van der Waals surface area (Å²) in [6.45, 7) is 14.0. The van der Waals surface area contributed by atoms with Gasteiger partial charge in [0.25, 0.3) is 0 Å². The van der Waals surface area contributed by atoms with E-state index in [1.165, 1.54) is 44.3 Å². The fourth-order valence-corrected chi connectivity index (χ4v) is 4.34. The number of likely N-dealkylation sites (tertiary alicyclic amines) is 1. The predicted molar refractivity (Wildman–Crippen MR) is 96.0 cm³/mol. The quantitative estimate of drug-likeness (QED) is 0.763. The van der Waals surface area contributed by atoms with Crippen molar-refractivity contribution in [2.75, 3.05) is 19.6 Å². The van der Waals surface area contributed by atoms with Gasteiger partial charge in [0.2, 0.25) is 0 Å². The van der Waals surface area contributed by atoms with Gasteiger partial charge in [0.1, 0.15) is 0 Å². The van der Waals surface area contributed by atoms with Gasteiger partial charge in [-0.3, -0.25) is 4.90 Å². The van der Waals surface area contributed by atoms with E-state index >= 15 is 0 Å². The second kappa shape index (κ2) is 7.61. The highest BCUT2D eigenvalue weighted by molar-refractivity contribution is 5.15. The molecule has 1 aromatic rings. The maximum Gasteiger partial charge on any atom is 0.0326 e. The van der Waals surface area contributed by atoms with Gasteiger partial charge in [0.05, 0.1) is 0 Å². The molecule has 1 aliphatic heterocycles. The van der Waals surface area contributed by atoms with Crippen LogP contribution in [-0.4, -0.2) is 30.1 Å². The topological polar surface area (TPSA) is 15.3 Å². The summed E-state index contributed by atoms with van der Waals surface area (Å²) in [7, 11) is 0. The highest BCUT2D eigenvalue weighted by Gasteiger charge is 2.40. The van der Waals surface area contributed by atoms with Crippen LogP contribution < -0.4 is 5.32 Å². The van der Waals surface area contributed by atoms with Crippen LogP contribution in [0.1, 0.15) is 58.9 Å². The van der Waals surface area contributed by atoms with Crippen LogP contribution in [0.3, 0.4) is 0 Å². The Hall–Kier alpha value is -0.860. The van der Waals surface area contributed by atoms with Crippen molar-refractivity contribution >= 4 is 0 Å². The minimum atomic E-state index is 0.308. The summed E-state index contributed by atoms with van der Waals surface area (Å²) < 4.78 is 0. The van der Waals surface area contributed by atoms with Crippen molar-refractivity contribution in [3.05, 3.63) is 35.9 Å². The third-order valence-electron chi connectivity index (χ3n) is 4.98. The third-order valence-corrected chi connectivity index (χ3v) is 4.98. The zero-order valence-electron chi connectivity index (χ0n) is 15.0. The molecule has 0 spiro atoms. The maximum absolute atomic E-state index is 3.85. The Bertz CT molecular complexity index is 440. The molecule has 1 aromatic carbocycles. The molecule has 1 aliphatic rings. The average molecular weight is 303 g/mol. The van der Waals surface area contributed by atoms with Crippen molar-refractivity contribution < 1.29 is 0 Å². The highest BCUT2D eigenvalue weighted by Crippen LogP contribution is 2.37. The molecule has 1 atom stereocenters. The fourth-order valence-electron chi connectivity index (χ4n) is 4.34. The van der Waals surface area contributed by atoms with E-state index in [1.54, 1.807) is 0 Å². The fraction of sp³-hybridized carbons (Fsp3) is 0.700. The first kappa shape index (κ1) is 17.5. The van der Waals surface area contributed by atoms with Gasteiger partial charge in [-0.15, -0.1) is 0 Å². The number of nitrogens with one attached hydrogen (secondary N) is 1. The Labute approximate surface area is 137 Å². The molecule has 1 unspecified atom stereocenters. The molecule has 0 aliphatic carbocycles. The van der Waals surface area contributed by atoms with E-state index in [0.29, 0.717) is 11.0 Å². The summed E-state index contributed by atoms with van der Waals surface area (Å²) in [5.74, 6) is 0. The van der Waals surface area contributed by atoms with Gasteiger partial charge in [0, 0.05) is 25.2 Å². The summed E-state index contributed by atoms with van der Waals surface area (Å²) in [5, 5.41) is 3.85. The van der Waals surface area contributed by atoms with Crippen LogP contribution in [0.2, 0.25) is 0 Å². The molecule has 1 fully saturated rings. The van der Waals surface area contributed by atoms with Crippen molar-refractivity contribution in [3.63, 3.8) is 0 Å². The lowest BCUT2D eigenvalue weighted by Crippen LogP contribution is -2.50. The molecular formula is C20H34N2. The number of nitrogens with zero attached hydrogens (tertiary/aromatic N) is 1. The molecule has 0 bridgehead atoms. The smallest absolute Gasteiger partial charge is 0.0326 e. The van der Waals surface area contributed by atoms with E-state index < -0.39 is 0 Å². The highest BCUT2D eigenvalue weighted by atomic mass is 15.2. The zero-order chi connectivity index (χ0) is 16.1. The summed E-state index contributed by atoms with van der Waals surface area (Å²) in [6.07, 6.45) is 5.16. The number of likely N-dealkylation sites (N-methyl/N-ethyl adjacent to an activating group) is 1. The van der Waals surface area contributed by atoms with Gasteiger partial charge in [0.15, 0.2) is 0 Å². The number of rotatable bonds is 8. The minimum Gasteiger partial charge on any atom is -0.310 e. The molecule has 0 saturated carbocycles. The summed E-state index contributed by atoms with van der Waals surface area (Å²) >= 11 is 0. The lowest BCUT2D eigenvalue weighted by molar-refractivity contribution is 0.178. The normalized spacial score (nSPS) is 23.1. The first-order valence-corrected chi connectivity index (χ1v) is 9.00.